The summed E-state index contributed by atoms with van der Waals surface area (Å²) in [5.74, 6) is 2.08. The first-order chi connectivity index (χ1) is 13.1. The molecule has 1 amide bonds. The molecule has 1 aliphatic rings. The molecular weight excluding hydrogens is 344 g/mol. The number of oxazole rings is 1. The van der Waals surface area contributed by atoms with Crippen molar-refractivity contribution in [3.05, 3.63) is 65.8 Å². The minimum absolute atomic E-state index is 0.162. The molecule has 0 radical (unpaired) electrons. The van der Waals surface area contributed by atoms with Crippen molar-refractivity contribution in [3.8, 4) is 11.6 Å². The molecule has 2 aromatic heterocycles. The second-order valence-electron chi connectivity index (χ2n) is 6.53. The average molecular weight is 364 g/mol. The summed E-state index contributed by atoms with van der Waals surface area (Å²) in [6.45, 7) is 4.25. The number of hydrogen-bond donors (Lipinski definition) is 0. The van der Waals surface area contributed by atoms with Crippen molar-refractivity contribution in [1.82, 2.24) is 19.9 Å². The lowest BCUT2D eigenvalue weighted by atomic mass is 10.2. The summed E-state index contributed by atoms with van der Waals surface area (Å²) in [6, 6.07) is 11.1. The number of amides is 1. The number of carbonyl (C=O) groups excluding carboxylic acids is 1. The molecule has 1 atom stereocenters. The van der Waals surface area contributed by atoms with E-state index in [2.05, 4.69) is 15.0 Å². The first-order valence-corrected chi connectivity index (χ1v) is 8.92. The van der Waals surface area contributed by atoms with Crippen LogP contribution in [0, 0.1) is 13.8 Å². The Labute approximate surface area is 157 Å². The third-order valence-electron chi connectivity index (χ3n) is 4.46. The molecule has 0 saturated carbocycles. The third-order valence-corrected chi connectivity index (χ3v) is 4.46. The number of hydrogen-bond acceptors (Lipinski definition) is 6. The van der Waals surface area contributed by atoms with Gasteiger partial charge in [-0.25, -0.2) is 9.97 Å². The van der Waals surface area contributed by atoms with Crippen molar-refractivity contribution >= 4 is 5.91 Å². The Balaban J connectivity index is 1.60. The molecule has 0 aliphatic carbocycles. The molecule has 7 heteroatoms. The molecule has 3 heterocycles. The summed E-state index contributed by atoms with van der Waals surface area (Å²) in [5, 5.41) is 0. The van der Waals surface area contributed by atoms with Crippen LogP contribution < -0.4 is 4.74 Å². The first kappa shape index (κ1) is 17.2. The van der Waals surface area contributed by atoms with Gasteiger partial charge in [-0.05, 0) is 31.9 Å². The molecule has 0 spiro atoms. The van der Waals surface area contributed by atoms with Gasteiger partial charge < -0.3 is 14.1 Å². The van der Waals surface area contributed by atoms with E-state index in [0.717, 1.165) is 18.5 Å². The Kier molecular flexibility index (Phi) is 4.58. The Morgan fingerprint density at radius 3 is 2.74 bits per heavy atom. The maximum atomic E-state index is 12.8. The fourth-order valence-corrected chi connectivity index (χ4v) is 3.26. The molecule has 0 N–H and O–H groups in total. The van der Waals surface area contributed by atoms with Crippen molar-refractivity contribution < 1.29 is 13.9 Å². The number of para-hydroxylation sites is 1. The fourth-order valence-electron chi connectivity index (χ4n) is 3.26. The van der Waals surface area contributed by atoms with Crippen LogP contribution in [-0.4, -0.2) is 32.3 Å². The second-order valence-corrected chi connectivity index (χ2v) is 6.53. The topological polar surface area (TPSA) is 81.4 Å². The summed E-state index contributed by atoms with van der Waals surface area (Å²) in [5.41, 5.74) is 1.11. The number of aromatic nitrogens is 3. The predicted molar refractivity (Wildman–Crippen MR) is 97.5 cm³/mol. The second kappa shape index (κ2) is 7.19. The largest absolute Gasteiger partial charge is 0.448 e. The van der Waals surface area contributed by atoms with E-state index in [4.69, 9.17) is 9.15 Å². The van der Waals surface area contributed by atoms with Gasteiger partial charge in [0.1, 0.15) is 12.0 Å². The molecule has 0 unspecified atom stereocenters. The van der Waals surface area contributed by atoms with Crippen molar-refractivity contribution in [1.29, 1.82) is 0 Å². The number of rotatable bonds is 4. The minimum Gasteiger partial charge on any atom is -0.448 e. The lowest BCUT2D eigenvalue weighted by Crippen LogP contribution is -2.31. The van der Waals surface area contributed by atoms with Gasteiger partial charge >= 0.3 is 0 Å². The SMILES string of the molecule is Cc1cc(Oc2ccccc2)nc([C@H]2CCCN2C(=O)c2coc(C)n2)n1. The Morgan fingerprint density at radius 1 is 1.19 bits per heavy atom. The fraction of sp³-hybridized carbons (Fsp3) is 0.300. The maximum Gasteiger partial charge on any atom is 0.276 e. The Hall–Kier alpha value is -3.22. The van der Waals surface area contributed by atoms with Crippen molar-refractivity contribution in [2.24, 2.45) is 0 Å². The average Bonchev–Trinajstić information content (AvgIpc) is 3.30. The number of nitrogens with zero attached hydrogens (tertiary/aromatic N) is 4. The number of carbonyl (C=O) groups is 1. The van der Waals surface area contributed by atoms with Crippen LogP contribution in [-0.2, 0) is 0 Å². The van der Waals surface area contributed by atoms with E-state index in [1.54, 1.807) is 17.9 Å². The lowest BCUT2D eigenvalue weighted by molar-refractivity contribution is 0.0723. The molecule has 7 nitrogen and oxygen atoms in total. The number of likely N-dealkylation sites (tertiary alicyclic amines) is 1. The Morgan fingerprint density at radius 2 is 2.00 bits per heavy atom. The van der Waals surface area contributed by atoms with Gasteiger partial charge in [0.15, 0.2) is 17.4 Å². The molecule has 138 valence electrons. The molecule has 1 saturated heterocycles. The van der Waals surface area contributed by atoms with Crippen LogP contribution in [0.1, 0.15) is 46.8 Å². The number of benzene rings is 1. The van der Waals surface area contributed by atoms with Crippen LogP contribution in [0.3, 0.4) is 0 Å². The van der Waals surface area contributed by atoms with Crippen molar-refractivity contribution in [2.45, 2.75) is 32.7 Å². The van der Waals surface area contributed by atoms with Crippen LogP contribution in [0.25, 0.3) is 0 Å². The molecule has 1 fully saturated rings. The van der Waals surface area contributed by atoms with Crippen LogP contribution >= 0.6 is 0 Å². The van der Waals surface area contributed by atoms with Crippen LogP contribution in [0.15, 0.2) is 47.1 Å². The van der Waals surface area contributed by atoms with Gasteiger partial charge in [0.2, 0.25) is 5.88 Å². The molecule has 0 bridgehead atoms. The molecule has 1 aromatic carbocycles. The smallest absolute Gasteiger partial charge is 0.276 e. The van der Waals surface area contributed by atoms with Crippen molar-refractivity contribution in [2.75, 3.05) is 6.54 Å². The van der Waals surface area contributed by atoms with Crippen LogP contribution in [0.5, 0.6) is 11.6 Å². The summed E-state index contributed by atoms with van der Waals surface area (Å²) >= 11 is 0. The third kappa shape index (κ3) is 3.67. The van der Waals surface area contributed by atoms with Gasteiger partial charge in [-0.3, -0.25) is 4.79 Å². The molecule has 4 rings (SSSR count). The van der Waals surface area contributed by atoms with E-state index in [1.165, 1.54) is 6.26 Å². The van der Waals surface area contributed by atoms with Crippen LogP contribution in [0.4, 0.5) is 0 Å². The highest BCUT2D eigenvalue weighted by molar-refractivity contribution is 5.92. The first-order valence-electron chi connectivity index (χ1n) is 8.92. The number of ether oxygens (including phenoxy) is 1. The zero-order valence-corrected chi connectivity index (χ0v) is 15.3. The van der Waals surface area contributed by atoms with Gasteiger partial charge in [0.25, 0.3) is 5.91 Å². The maximum absolute atomic E-state index is 12.8. The quantitative estimate of drug-likeness (QED) is 0.699. The summed E-state index contributed by atoms with van der Waals surface area (Å²) < 4.78 is 11.0. The highest BCUT2D eigenvalue weighted by Crippen LogP contribution is 2.32. The summed E-state index contributed by atoms with van der Waals surface area (Å²) in [7, 11) is 0. The van der Waals surface area contributed by atoms with Gasteiger partial charge in [0, 0.05) is 25.2 Å². The molecule has 27 heavy (non-hydrogen) atoms. The van der Waals surface area contributed by atoms with E-state index in [-0.39, 0.29) is 11.9 Å². The monoisotopic (exact) mass is 364 g/mol. The van der Waals surface area contributed by atoms with E-state index in [1.807, 2.05) is 37.3 Å². The zero-order chi connectivity index (χ0) is 18.8. The van der Waals surface area contributed by atoms with Crippen LogP contribution in [0.2, 0.25) is 0 Å². The van der Waals surface area contributed by atoms with Gasteiger partial charge in [-0.1, -0.05) is 18.2 Å². The Bertz CT molecular complexity index is 955. The summed E-state index contributed by atoms with van der Waals surface area (Å²) in [4.78, 5) is 27.9. The highest BCUT2D eigenvalue weighted by atomic mass is 16.5. The van der Waals surface area contributed by atoms with E-state index in [0.29, 0.717) is 35.6 Å². The molecular formula is C20H20N4O3. The lowest BCUT2D eigenvalue weighted by Gasteiger charge is -2.23. The molecule has 3 aromatic rings. The van der Waals surface area contributed by atoms with E-state index in [9.17, 15) is 4.79 Å². The summed E-state index contributed by atoms with van der Waals surface area (Å²) in [6.07, 6.45) is 3.09. The molecule has 1 aliphatic heterocycles. The highest BCUT2D eigenvalue weighted by Gasteiger charge is 2.34. The van der Waals surface area contributed by atoms with E-state index >= 15 is 0 Å². The number of aryl methyl sites for hydroxylation is 2. The minimum atomic E-state index is -0.201. The van der Waals surface area contributed by atoms with Crippen molar-refractivity contribution in [3.63, 3.8) is 0 Å². The van der Waals surface area contributed by atoms with E-state index < -0.39 is 0 Å². The van der Waals surface area contributed by atoms with Gasteiger partial charge in [-0.2, -0.15) is 4.98 Å². The standard InChI is InChI=1S/C20H20N4O3/c1-13-11-18(27-15-7-4-3-5-8-15)23-19(21-13)17-9-6-10-24(17)20(25)16-12-26-14(2)22-16/h3-5,7-8,11-12,17H,6,9-10H2,1-2H3/t17-/m1/s1. The normalized spacial score (nSPS) is 16.5. The predicted octanol–water partition coefficient (Wildman–Crippen LogP) is 3.85. The van der Waals surface area contributed by atoms with Gasteiger partial charge in [0.05, 0.1) is 6.04 Å². The zero-order valence-electron chi connectivity index (χ0n) is 15.3. The van der Waals surface area contributed by atoms with Gasteiger partial charge in [-0.15, -0.1) is 0 Å².